The molecule has 0 saturated heterocycles. The zero-order valence-corrected chi connectivity index (χ0v) is 12.0. The van der Waals surface area contributed by atoms with Crippen molar-refractivity contribution < 1.29 is 22.3 Å². The number of nitrogens with one attached hydrogen (secondary N) is 1. The Hall–Kier alpha value is -1.14. The smallest absolute Gasteiger partial charge is 0.371 e. The van der Waals surface area contributed by atoms with Gasteiger partial charge in [0.1, 0.15) is 12.4 Å². The number of ether oxygens (including phenoxy) is 1. The van der Waals surface area contributed by atoms with Gasteiger partial charge in [0.25, 0.3) is 0 Å². The molecule has 1 unspecified atom stereocenters. The molecule has 1 aromatic rings. The van der Waals surface area contributed by atoms with E-state index in [1.54, 1.807) is 12.1 Å². The molecule has 0 aromatic heterocycles. The average Bonchev–Trinajstić information content (AvgIpc) is 2.42. The zero-order chi connectivity index (χ0) is 15.7. The van der Waals surface area contributed by atoms with E-state index >= 15 is 0 Å². The van der Waals surface area contributed by atoms with E-state index < -0.39 is 12.8 Å². The molecular formula is C15H21F4NO. The lowest BCUT2D eigenvalue weighted by Gasteiger charge is -2.19. The summed E-state index contributed by atoms with van der Waals surface area (Å²) in [5.41, 5.74) is 0.931. The third-order valence-corrected chi connectivity index (χ3v) is 3.02. The van der Waals surface area contributed by atoms with Crippen molar-refractivity contribution >= 4 is 0 Å². The zero-order valence-electron chi connectivity index (χ0n) is 12.0. The Morgan fingerprint density at radius 3 is 2.43 bits per heavy atom. The Labute approximate surface area is 122 Å². The molecular weight excluding hydrogens is 286 g/mol. The van der Waals surface area contributed by atoms with Crippen LogP contribution in [0.1, 0.15) is 37.8 Å². The molecule has 1 atom stereocenters. The van der Waals surface area contributed by atoms with Crippen LogP contribution >= 0.6 is 0 Å². The summed E-state index contributed by atoms with van der Waals surface area (Å²) >= 11 is 0. The number of unbranched alkanes of at least 4 members (excludes halogenated alkanes) is 1. The topological polar surface area (TPSA) is 21.3 Å². The fourth-order valence-corrected chi connectivity index (χ4v) is 1.98. The van der Waals surface area contributed by atoms with Crippen LogP contribution in [-0.2, 0) is 4.74 Å². The largest absolute Gasteiger partial charge is 0.411 e. The summed E-state index contributed by atoms with van der Waals surface area (Å²) in [6.45, 7) is 1.14. The molecule has 21 heavy (non-hydrogen) atoms. The molecule has 0 amide bonds. The number of alkyl halides is 3. The number of hydrogen-bond donors (Lipinski definition) is 1. The molecule has 1 aromatic carbocycles. The summed E-state index contributed by atoms with van der Waals surface area (Å²) in [6.07, 6.45) is -1.44. The van der Waals surface area contributed by atoms with E-state index in [2.05, 4.69) is 17.0 Å². The van der Waals surface area contributed by atoms with E-state index in [0.717, 1.165) is 24.8 Å². The Balaban J connectivity index is 2.41. The lowest BCUT2D eigenvalue weighted by atomic mass is 10.0. The lowest BCUT2D eigenvalue weighted by molar-refractivity contribution is -0.173. The molecule has 0 radical (unpaired) electrons. The second kappa shape index (κ2) is 9.00. The van der Waals surface area contributed by atoms with Crippen molar-refractivity contribution in [3.05, 3.63) is 35.6 Å². The van der Waals surface area contributed by atoms with Crippen molar-refractivity contribution in [2.24, 2.45) is 0 Å². The molecule has 2 nitrogen and oxygen atoms in total. The normalized spacial score (nSPS) is 13.4. The van der Waals surface area contributed by atoms with Gasteiger partial charge in [0, 0.05) is 12.6 Å². The van der Waals surface area contributed by atoms with Gasteiger partial charge in [0.2, 0.25) is 0 Å². The first-order chi connectivity index (χ1) is 9.92. The second-order valence-electron chi connectivity index (χ2n) is 4.87. The molecule has 0 saturated carbocycles. The highest BCUT2D eigenvalue weighted by Gasteiger charge is 2.27. The Morgan fingerprint density at radius 1 is 1.19 bits per heavy atom. The first-order valence-electron chi connectivity index (χ1n) is 7.05. The molecule has 6 heteroatoms. The molecule has 1 N–H and O–H groups in total. The summed E-state index contributed by atoms with van der Waals surface area (Å²) in [5.74, 6) is -0.304. The van der Waals surface area contributed by atoms with Crippen LogP contribution in [0.25, 0.3) is 0 Å². The third-order valence-electron chi connectivity index (χ3n) is 3.02. The predicted molar refractivity (Wildman–Crippen MR) is 73.5 cm³/mol. The van der Waals surface area contributed by atoms with Gasteiger partial charge in [0.05, 0.1) is 6.61 Å². The summed E-state index contributed by atoms with van der Waals surface area (Å²) in [7, 11) is 0. The van der Waals surface area contributed by atoms with Crippen LogP contribution in [0.15, 0.2) is 24.3 Å². The molecule has 0 spiro atoms. The highest BCUT2D eigenvalue weighted by Crippen LogP contribution is 2.20. The summed E-state index contributed by atoms with van der Waals surface area (Å²) in [4.78, 5) is 0. The SMILES string of the molecule is CCCCC(NCCOCC(F)(F)F)c1ccc(F)cc1. The van der Waals surface area contributed by atoms with Crippen LogP contribution in [0.4, 0.5) is 17.6 Å². The van der Waals surface area contributed by atoms with Gasteiger partial charge < -0.3 is 10.1 Å². The first-order valence-corrected chi connectivity index (χ1v) is 7.05. The van der Waals surface area contributed by atoms with E-state index in [4.69, 9.17) is 0 Å². The van der Waals surface area contributed by atoms with Crippen LogP contribution in [0.2, 0.25) is 0 Å². The third kappa shape index (κ3) is 8.02. The molecule has 120 valence electrons. The number of hydrogen-bond acceptors (Lipinski definition) is 2. The number of halogens is 4. The molecule has 0 aliphatic rings. The van der Waals surface area contributed by atoms with Crippen molar-refractivity contribution in [2.45, 2.75) is 38.4 Å². The second-order valence-corrected chi connectivity index (χ2v) is 4.87. The minimum atomic E-state index is -4.29. The van der Waals surface area contributed by atoms with Crippen LogP contribution in [0.3, 0.4) is 0 Å². The average molecular weight is 307 g/mol. The molecule has 1 rings (SSSR count). The van der Waals surface area contributed by atoms with E-state index in [-0.39, 0.29) is 18.5 Å². The fraction of sp³-hybridized carbons (Fsp3) is 0.600. The highest BCUT2D eigenvalue weighted by atomic mass is 19.4. The van der Waals surface area contributed by atoms with E-state index in [0.29, 0.717) is 6.54 Å². The van der Waals surface area contributed by atoms with Gasteiger partial charge in [-0.15, -0.1) is 0 Å². The van der Waals surface area contributed by atoms with E-state index in [1.807, 2.05) is 0 Å². The van der Waals surface area contributed by atoms with Crippen molar-refractivity contribution in [3.8, 4) is 0 Å². The Bertz CT molecular complexity index is 392. The van der Waals surface area contributed by atoms with Crippen LogP contribution in [-0.4, -0.2) is 25.9 Å². The van der Waals surface area contributed by atoms with Crippen molar-refractivity contribution in [1.29, 1.82) is 0 Å². The van der Waals surface area contributed by atoms with Crippen molar-refractivity contribution in [2.75, 3.05) is 19.8 Å². The van der Waals surface area contributed by atoms with Gasteiger partial charge in [-0.3, -0.25) is 0 Å². The molecule has 0 aliphatic heterocycles. The predicted octanol–water partition coefficient (Wildman–Crippen LogP) is 4.23. The van der Waals surface area contributed by atoms with Gasteiger partial charge in [-0.1, -0.05) is 31.9 Å². The van der Waals surface area contributed by atoms with Crippen LogP contribution in [0.5, 0.6) is 0 Å². The quantitative estimate of drug-likeness (QED) is 0.544. The summed E-state index contributed by atoms with van der Waals surface area (Å²) < 4.78 is 53.3. The number of benzene rings is 1. The van der Waals surface area contributed by atoms with Gasteiger partial charge in [-0.2, -0.15) is 13.2 Å². The molecule has 0 bridgehead atoms. The maximum atomic E-state index is 12.9. The standard InChI is InChI=1S/C15H21F4NO/c1-2-3-4-14(12-5-7-13(16)8-6-12)20-9-10-21-11-15(17,18)19/h5-8,14,20H,2-4,9-11H2,1H3. The van der Waals surface area contributed by atoms with Crippen molar-refractivity contribution in [3.63, 3.8) is 0 Å². The maximum absolute atomic E-state index is 12.9. The van der Waals surface area contributed by atoms with Crippen LogP contribution < -0.4 is 5.32 Å². The minimum absolute atomic E-state index is 0.0000340. The monoisotopic (exact) mass is 307 g/mol. The molecule has 0 heterocycles. The van der Waals surface area contributed by atoms with Crippen molar-refractivity contribution in [1.82, 2.24) is 5.32 Å². The van der Waals surface area contributed by atoms with Gasteiger partial charge in [-0.25, -0.2) is 4.39 Å². The highest BCUT2D eigenvalue weighted by molar-refractivity contribution is 5.19. The van der Waals surface area contributed by atoms with E-state index in [1.165, 1.54) is 12.1 Å². The van der Waals surface area contributed by atoms with Crippen LogP contribution in [0, 0.1) is 5.82 Å². The molecule has 0 fully saturated rings. The maximum Gasteiger partial charge on any atom is 0.411 e. The minimum Gasteiger partial charge on any atom is -0.371 e. The Morgan fingerprint density at radius 2 is 1.86 bits per heavy atom. The van der Waals surface area contributed by atoms with Gasteiger partial charge in [0.15, 0.2) is 0 Å². The van der Waals surface area contributed by atoms with Gasteiger partial charge >= 0.3 is 6.18 Å². The summed E-state index contributed by atoms with van der Waals surface area (Å²) in [6, 6.07) is 6.16. The lowest BCUT2D eigenvalue weighted by Crippen LogP contribution is -2.27. The Kier molecular flexibility index (Phi) is 7.67. The fourth-order valence-electron chi connectivity index (χ4n) is 1.98. The van der Waals surface area contributed by atoms with Gasteiger partial charge in [-0.05, 0) is 24.1 Å². The summed E-state index contributed by atoms with van der Waals surface area (Å²) in [5, 5.41) is 3.16. The number of rotatable bonds is 9. The first kappa shape index (κ1) is 17.9. The van der Waals surface area contributed by atoms with E-state index in [9.17, 15) is 17.6 Å². The molecule has 0 aliphatic carbocycles.